The van der Waals surface area contributed by atoms with Gasteiger partial charge in [0.05, 0.1) is 6.61 Å². The van der Waals surface area contributed by atoms with Crippen molar-refractivity contribution < 1.29 is 5.11 Å². The molecule has 1 heterocycles. The molecule has 0 saturated carbocycles. The van der Waals surface area contributed by atoms with E-state index in [1.54, 1.807) is 0 Å². The Morgan fingerprint density at radius 2 is 1.61 bits per heavy atom. The summed E-state index contributed by atoms with van der Waals surface area (Å²) in [4.78, 5) is 5.08. The molecule has 0 amide bonds. The van der Waals surface area contributed by atoms with Crippen LogP contribution < -0.4 is 5.32 Å². The summed E-state index contributed by atoms with van der Waals surface area (Å²) in [6, 6.07) is 1.17. The number of hydrogen-bond acceptors (Lipinski definition) is 4. The molecule has 0 aliphatic carbocycles. The average Bonchev–Trinajstić information content (AvgIpc) is 2.38. The molecule has 2 atom stereocenters. The van der Waals surface area contributed by atoms with Gasteiger partial charge in [0.1, 0.15) is 0 Å². The van der Waals surface area contributed by atoms with Crippen molar-refractivity contribution in [3.05, 3.63) is 0 Å². The zero-order valence-electron chi connectivity index (χ0n) is 12.7. The Morgan fingerprint density at radius 3 is 2.00 bits per heavy atom. The molecule has 0 radical (unpaired) electrons. The fourth-order valence-corrected chi connectivity index (χ4v) is 2.72. The highest BCUT2D eigenvalue weighted by atomic mass is 16.3. The van der Waals surface area contributed by atoms with Gasteiger partial charge in [-0.2, -0.15) is 0 Å². The molecule has 0 aromatic rings. The molecule has 0 aromatic carbocycles. The van der Waals surface area contributed by atoms with Crippen LogP contribution in [0, 0.1) is 0 Å². The summed E-state index contributed by atoms with van der Waals surface area (Å²) < 4.78 is 0. The van der Waals surface area contributed by atoms with Crippen molar-refractivity contribution in [1.82, 2.24) is 15.1 Å². The third-order valence-electron chi connectivity index (χ3n) is 4.40. The van der Waals surface area contributed by atoms with E-state index in [-0.39, 0.29) is 12.1 Å². The van der Waals surface area contributed by atoms with Crippen molar-refractivity contribution in [3.8, 4) is 0 Å². The molecular weight excluding hydrogens is 226 g/mol. The standard InChI is InChI=1S/C14H31N3O/c1-12(2)16-6-8-17(9-7-16)13(3)10-14(4,11-18)15-5/h12-13,15,18H,6-11H2,1-5H3. The first-order chi connectivity index (χ1) is 8.41. The van der Waals surface area contributed by atoms with Crippen LogP contribution in [-0.2, 0) is 0 Å². The SMILES string of the molecule is CNC(C)(CO)CC(C)N1CCN(C(C)C)CC1. The number of rotatable bonds is 6. The van der Waals surface area contributed by atoms with Crippen LogP contribution >= 0.6 is 0 Å². The van der Waals surface area contributed by atoms with Crippen molar-refractivity contribution in [1.29, 1.82) is 0 Å². The minimum atomic E-state index is -0.158. The van der Waals surface area contributed by atoms with E-state index in [1.807, 2.05) is 7.05 Å². The Bertz CT molecular complexity index is 233. The molecule has 0 spiro atoms. The molecular formula is C14H31N3O. The normalized spacial score (nSPS) is 24.2. The van der Waals surface area contributed by atoms with Crippen molar-refractivity contribution in [2.24, 2.45) is 0 Å². The Labute approximate surface area is 112 Å². The monoisotopic (exact) mass is 257 g/mol. The van der Waals surface area contributed by atoms with Gasteiger partial charge < -0.3 is 10.4 Å². The second-order valence-corrected chi connectivity index (χ2v) is 6.19. The summed E-state index contributed by atoms with van der Waals surface area (Å²) in [5.41, 5.74) is -0.158. The van der Waals surface area contributed by atoms with E-state index in [4.69, 9.17) is 0 Å². The predicted octanol–water partition coefficient (Wildman–Crippen LogP) is 0.761. The zero-order valence-corrected chi connectivity index (χ0v) is 12.7. The lowest BCUT2D eigenvalue weighted by Crippen LogP contribution is -2.54. The lowest BCUT2D eigenvalue weighted by atomic mass is 9.93. The number of aliphatic hydroxyl groups excluding tert-OH is 1. The van der Waals surface area contributed by atoms with Crippen LogP contribution in [-0.4, -0.2) is 72.4 Å². The maximum absolute atomic E-state index is 9.46. The summed E-state index contributed by atoms with van der Waals surface area (Å²) in [6.07, 6.45) is 0.988. The van der Waals surface area contributed by atoms with Crippen LogP contribution in [0.5, 0.6) is 0 Å². The Kier molecular flexibility index (Phi) is 6.05. The molecule has 1 aliphatic heterocycles. The molecule has 2 unspecified atom stereocenters. The number of aliphatic hydroxyl groups is 1. The minimum Gasteiger partial charge on any atom is -0.394 e. The molecule has 0 aromatic heterocycles. The summed E-state index contributed by atoms with van der Waals surface area (Å²) in [5, 5.41) is 12.7. The first-order valence-corrected chi connectivity index (χ1v) is 7.19. The van der Waals surface area contributed by atoms with Gasteiger partial charge in [0, 0.05) is 43.8 Å². The van der Waals surface area contributed by atoms with E-state index in [2.05, 4.69) is 42.8 Å². The van der Waals surface area contributed by atoms with Crippen LogP contribution in [0.4, 0.5) is 0 Å². The van der Waals surface area contributed by atoms with Crippen LogP contribution in [0.2, 0.25) is 0 Å². The van der Waals surface area contributed by atoms with Gasteiger partial charge in [0.2, 0.25) is 0 Å². The van der Waals surface area contributed by atoms with Crippen molar-refractivity contribution in [3.63, 3.8) is 0 Å². The quantitative estimate of drug-likeness (QED) is 0.737. The highest BCUT2D eigenvalue weighted by Gasteiger charge is 2.28. The first kappa shape index (κ1) is 15.9. The topological polar surface area (TPSA) is 38.7 Å². The number of nitrogens with one attached hydrogen (secondary N) is 1. The molecule has 1 saturated heterocycles. The van der Waals surface area contributed by atoms with Gasteiger partial charge in [-0.05, 0) is 41.2 Å². The third-order valence-corrected chi connectivity index (χ3v) is 4.40. The lowest BCUT2D eigenvalue weighted by Gasteiger charge is -2.42. The van der Waals surface area contributed by atoms with Gasteiger partial charge in [-0.15, -0.1) is 0 Å². The van der Waals surface area contributed by atoms with Crippen LogP contribution in [0.3, 0.4) is 0 Å². The van der Waals surface area contributed by atoms with Crippen LogP contribution in [0.15, 0.2) is 0 Å². The van der Waals surface area contributed by atoms with Crippen molar-refractivity contribution in [2.45, 2.75) is 51.7 Å². The number of hydrogen-bond donors (Lipinski definition) is 2. The molecule has 1 fully saturated rings. The molecule has 0 bridgehead atoms. The van der Waals surface area contributed by atoms with Gasteiger partial charge in [-0.25, -0.2) is 0 Å². The second kappa shape index (κ2) is 6.85. The summed E-state index contributed by atoms with van der Waals surface area (Å²) in [7, 11) is 1.93. The maximum Gasteiger partial charge on any atom is 0.0611 e. The summed E-state index contributed by atoms with van der Waals surface area (Å²) in [6.45, 7) is 13.7. The average molecular weight is 257 g/mol. The molecule has 108 valence electrons. The van der Waals surface area contributed by atoms with E-state index in [0.29, 0.717) is 12.1 Å². The fraction of sp³-hybridized carbons (Fsp3) is 1.00. The van der Waals surface area contributed by atoms with E-state index >= 15 is 0 Å². The van der Waals surface area contributed by atoms with Crippen molar-refractivity contribution in [2.75, 3.05) is 39.8 Å². The van der Waals surface area contributed by atoms with Crippen LogP contribution in [0.1, 0.15) is 34.1 Å². The summed E-state index contributed by atoms with van der Waals surface area (Å²) in [5.74, 6) is 0. The molecule has 1 rings (SSSR count). The predicted molar refractivity (Wildman–Crippen MR) is 76.9 cm³/mol. The van der Waals surface area contributed by atoms with Gasteiger partial charge in [-0.3, -0.25) is 9.80 Å². The largest absolute Gasteiger partial charge is 0.394 e. The molecule has 2 N–H and O–H groups in total. The fourth-order valence-electron chi connectivity index (χ4n) is 2.72. The van der Waals surface area contributed by atoms with Gasteiger partial charge in [-0.1, -0.05) is 0 Å². The Balaban J connectivity index is 2.42. The third kappa shape index (κ3) is 4.19. The summed E-state index contributed by atoms with van der Waals surface area (Å²) >= 11 is 0. The molecule has 18 heavy (non-hydrogen) atoms. The van der Waals surface area contributed by atoms with E-state index in [9.17, 15) is 5.11 Å². The Morgan fingerprint density at radius 1 is 1.11 bits per heavy atom. The number of likely N-dealkylation sites (N-methyl/N-ethyl adjacent to an activating group) is 1. The van der Waals surface area contributed by atoms with E-state index in [1.165, 1.54) is 0 Å². The van der Waals surface area contributed by atoms with Gasteiger partial charge in [0.25, 0.3) is 0 Å². The number of nitrogens with zero attached hydrogens (tertiary/aromatic N) is 2. The molecule has 4 nitrogen and oxygen atoms in total. The van der Waals surface area contributed by atoms with Crippen LogP contribution in [0.25, 0.3) is 0 Å². The second-order valence-electron chi connectivity index (χ2n) is 6.19. The van der Waals surface area contributed by atoms with Gasteiger partial charge in [0.15, 0.2) is 0 Å². The Hall–Kier alpha value is -0.160. The number of piperazine rings is 1. The minimum absolute atomic E-state index is 0.158. The first-order valence-electron chi connectivity index (χ1n) is 7.19. The highest BCUT2D eigenvalue weighted by Crippen LogP contribution is 2.17. The maximum atomic E-state index is 9.46. The van der Waals surface area contributed by atoms with E-state index in [0.717, 1.165) is 32.6 Å². The van der Waals surface area contributed by atoms with E-state index < -0.39 is 0 Å². The molecule has 1 aliphatic rings. The smallest absolute Gasteiger partial charge is 0.0611 e. The lowest BCUT2D eigenvalue weighted by molar-refractivity contribution is 0.0616. The highest BCUT2D eigenvalue weighted by molar-refractivity contribution is 4.87. The zero-order chi connectivity index (χ0) is 13.8. The van der Waals surface area contributed by atoms with Gasteiger partial charge >= 0.3 is 0 Å². The van der Waals surface area contributed by atoms with Crippen molar-refractivity contribution >= 4 is 0 Å². The molecule has 4 heteroatoms.